The van der Waals surface area contributed by atoms with E-state index in [9.17, 15) is 23.1 Å². The van der Waals surface area contributed by atoms with Crippen LogP contribution in [-0.2, 0) is 17.9 Å². The van der Waals surface area contributed by atoms with Crippen molar-refractivity contribution in [2.75, 3.05) is 0 Å². The summed E-state index contributed by atoms with van der Waals surface area (Å²) < 4.78 is 42.3. The molecule has 3 aromatic rings. The van der Waals surface area contributed by atoms with E-state index in [1.54, 1.807) is 6.07 Å². The summed E-state index contributed by atoms with van der Waals surface area (Å²) >= 11 is 0. The molecule has 2 N–H and O–H groups in total. The molecule has 0 unspecified atom stereocenters. The Hall–Kier alpha value is -3.58. The SMILES string of the molecule is CC#CC(=O)NCc1nn(-c2ccc(OC(F)(F)F)cc2)c2nccc(CO)c12. The summed E-state index contributed by atoms with van der Waals surface area (Å²) in [6, 6.07) is 6.72. The second-order valence-electron chi connectivity index (χ2n) is 5.78. The number of nitrogens with zero attached hydrogens (tertiary/aromatic N) is 3. The Morgan fingerprint density at radius 2 is 2.00 bits per heavy atom. The van der Waals surface area contributed by atoms with E-state index in [-0.39, 0.29) is 18.9 Å². The summed E-state index contributed by atoms with van der Waals surface area (Å²) in [6.07, 6.45) is -3.30. The van der Waals surface area contributed by atoms with Crippen LogP contribution in [0.25, 0.3) is 16.7 Å². The summed E-state index contributed by atoms with van der Waals surface area (Å²) in [4.78, 5) is 15.9. The molecule has 0 radical (unpaired) electrons. The van der Waals surface area contributed by atoms with E-state index < -0.39 is 12.3 Å². The van der Waals surface area contributed by atoms with Crippen LogP contribution in [0.3, 0.4) is 0 Å². The van der Waals surface area contributed by atoms with Gasteiger partial charge < -0.3 is 15.2 Å². The zero-order valence-electron chi connectivity index (χ0n) is 15.1. The molecular formula is C19H15F3N4O3. The van der Waals surface area contributed by atoms with E-state index in [4.69, 9.17) is 0 Å². The zero-order valence-corrected chi connectivity index (χ0v) is 15.1. The average Bonchev–Trinajstić information content (AvgIpc) is 3.05. The number of pyridine rings is 1. The van der Waals surface area contributed by atoms with Crippen LogP contribution in [0.2, 0.25) is 0 Å². The molecule has 0 bridgehead atoms. The molecule has 3 rings (SSSR count). The lowest BCUT2D eigenvalue weighted by Crippen LogP contribution is -2.21. The van der Waals surface area contributed by atoms with Gasteiger partial charge in [0.15, 0.2) is 5.65 Å². The number of carbonyl (C=O) groups is 1. The number of alkyl halides is 3. The first-order valence-corrected chi connectivity index (χ1v) is 8.35. The van der Waals surface area contributed by atoms with Gasteiger partial charge in [0.25, 0.3) is 5.91 Å². The first kappa shape index (κ1) is 20.2. The number of amides is 1. The number of aromatic nitrogens is 3. The van der Waals surface area contributed by atoms with E-state index in [1.165, 1.54) is 29.9 Å². The summed E-state index contributed by atoms with van der Waals surface area (Å²) in [5.74, 6) is 3.98. The van der Waals surface area contributed by atoms with Gasteiger partial charge in [0.05, 0.1) is 24.5 Å². The molecule has 0 spiro atoms. The van der Waals surface area contributed by atoms with Crippen molar-refractivity contribution in [2.24, 2.45) is 0 Å². The summed E-state index contributed by atoms with van der Waals surface area (Å²) in [6.45, 7) is 1.29. The normalized spacial score (nSPS) is 11.1. The predicted molar refractivity (Wildman–Crippen MR) is 96.8 cm³/mol. The third-order valence-electron chi connectivity index (χ3n) is 3.87. The van der Waals surface area contributed by atoms with Gasteiger partial charge in [0, 0.05) is 11.6 Å². The quantitative estimate of drug-likeness (QED) is 0.638. The summed E-state index contributed by atoms with van der Waals surface area (Å²) in [7, 11) is 0. The Kier molecular flexibility index (Phi) is 5.70. The van der Waals surface area contributed by atoms with Crippen molar-refractivity contribution in [1.82, 2.24) is 20.1 Å². The number of carbonyl (C=O) groups excluding carboxylic acids is 1. The first-order chi connectivity index (χ1) is 13.8. The van der Waals surface area contributed by atoms with Crippen molar-refractivity contribution in [1.29, 1.82) is 0 Å². The first-order valence-electron chi connectivity index (χ1n) is 8.35. The molecule has 0 saturated carbocycles. The molecule has 150 valence electrons. The highest BCUT2D eigenvalue weighted by Crippen LogP contribution is 2.27. The molecule has 2 heterocycles. The van der Waals surface area contributed by atoms with Gasteiger partial charge in [-0.05, 0) is 48.7 Å². The fourth-order valence-electron chi connectivity index (χ4n) is 2.73. The fraction of sp³-hybridized carbons (Fsp3) is 0.211. The van der Waals surface area contributed by atoms with Crippen LogP contribution in [0.15, 0.2) is 36.5 Å². The smallest absolute Gasteiger partial charge is 0.406 e. The Morgan fingerprint density at radius 3 is 2.62 bits per heavy atom. The molecule has 10 heteroatoms. The van der Waals surface area contributed by atoms with Crippen LogP contribution >= 0.6 is 0 Å². The maximum atomic E-state index is 12.3. The number of nitrogens with one attached hydrogen (secondary N) is 1. The number of fused-ring (bicyclic) bond motifs is 1. The van der Waals surface area contributed by atoms with E-state index in [2.05, 4.69) is 32.0 Å². The molecule has 0 aliphatic heterocycles. The van der Waals surface area contributed by atoms with Crippen LogP contribution < -0.4 is 10.1 Å². The van der Waals surface area contributed by atoms with E-state index in [1.807, 2.05) is 0 Å². The summed E-state index contributed by atoms with van der Waals surface area (Å²) in [5.41, 5.74) is 1.79. The van der Waals surface area contributed by atoms with Crippen LogP contribution in [0.4, 0.5) is 13.2 Å². The highest BCUT2D eigenvalue weighted by atomic mass is 19.4. The Morgan fingerprint density at radius 1 is 1.28 bits per heavy atom. The largest absolute Gasteiger partial charge is 0.573 e. The molecule has 1 aromatic carbocycles. The van der Waals surface area contributed by atoms with Gasteiger partial charge >= 0.3 is 6.36 Å². The van der Waals surface area contributed by atoms with Gasteiger partial charge in [-0.25, -0.2) is 9.67 Å². The van der Waals surface area contributed by atoms with Gasteiger partial charge in [0.1, 0.15) is 5.75 Å². The number of halogens is 3. The van der Waals surface area contributed by atoms with Crippen molar-refractivity contribution >= 4 is 16.9 Å². The van der Waals surface area contributed by atoms with Crippen molar-refractivity contribution in [3.8, 4) is 23.3 Å². The van der Waals surface area contributed by atoms with Crippen molar-refractivity contribution in [3.63, 3.8) is 0 Å². The number of aliphatic hydroxyl groups is 1. The van der Waals surface area contributed by atoms with E-state index in [0.29, 0.717) is 28.0 Å². The van der Waals surface area contributed by atoms with Gasteiger partial charge in [-0.15, -0.1) is 13.2 Å². The number of benzene rings is 1. The lowest BCUT2D eigenvalue weighted by Gasteiger charge is -2.09. The van der Waals surface area contributed by atoms with Crippen LogP contribution in [-0.4, -0.2) is 32.1 Å². The second kappa shape index (κ2) is 8.20. The number of aliphatic hydroxyl groups excluding tert-OH is 1. The number of hydrogen-bond acceptors (Lipinski definition) is 5. The van der Waals surface area contributed by atoms with E-state index in [0.717, 1.165) is 12.1 Å². The van der Waals surface area contributed by atoms with Crippen LogP contribution in [0.1, 0.15) is 18.2 Å². The molecular weight excluding hydrogens is 389 g/mol. The molecule has 0 atom stereocenters. The second-order valence-corrected chi connectivity index (χ2v) is 5.78. The van der Waals surface area contributed by atoms with Crippen molar-refractivity contribution in [3.05, 3.63) is 47.8 Å². The molecule has 2 aromatic heterocycles. The van der Waals surface area contributed by atoms with Gasteiger partial charge in [-0.3, -0.25) is 4.79 Å². The predicted octanol–water partition coefficient (Wildman–Crippen LogP) is 2.45. The molecule has 0 aliphatic carbocycles. The molecule has 0 aliphatic rings. The maximum absolute atomic E-state index is 12.3. The average molecular weight is 404 g/mol. The third-order valence-corrected chi connectivity index (χ3v) is 3.87. The van der Waals surface area contributed by atoms with Crippen molar-refractivity contribution < 1.29 is 27.8 Å². The number of hydrogen-bond donors (Lipinski definition) is 2. The minimum atomic E-state index is -4.79. The number of ether oxygens (including phenoxy) is 1. The van der Waals surface area contributed by atoms with E-state index >= 15 is 0 Å². The monoisotopic (exact) mass is 404 g/mol. The molecule has 1 amide bonds. The zero-order chi connectivity index (χ0) is 21.0. The Bertz CT molecular complexity index is 1100. The Balaban J connectivity index is 2.01. The number of rotatable bonds is 5. The van der Waals surface area contributed by atoms with Gasteiger partial charge in [-0.2, -0.15) is 5.10 Å². The van der Waals surface area contributed by atoms with Gasteiger partial charge in [-0.1, -0.05) is 5.92 Å². The highest BCUT2D eigenvalue weighted by molar-refractivity contribution is 5.93. The molecule has 29 heavy (non-hydrogen) atoms. The van der Waals surface area contributed by atoms with Crippen LogP contribution in [0.5, 0.6) is 5.75 Å². The summed E-state index contributed by atoms with van der Waals surface area (Å²) in [5, 5.41) is 17.2. The highest BCUT2D eigenvalue weighted by Gasteiger charge is 2.31. The van der Waals surface area contributed by atoms with Crippen molar-refractivity contribution in [2.45, 2.75) is 26.4 Å². The minimum absolute atomic E-state index is 0.0327. The molecule has 7 nitrogen and oxygen atoms in total. The van der Waals surface area contributed by atoms with Gasteiger partial charge in [0.2, 0.25) is 0 Å². The minimum Gasteiger partial charge on any atom is -0.406 e. The lowest BCUT2D eigenvalue weighted by molar-refractivity contribution is -0.274. The molecule has 0 fully saturated rings. The lowest BCUT2D eigenvalue weighted by atomic mass is 10.1. The maximum Gasteiger partial charge on any atom is 0.573 e. The van der Waals surface area contributed by atoms with Crippen LogP contribution in [0, 0.1) is 11.8 Å². The standard InChI is InChI=1S/C19H15F3N4O3/c1-2-3-16(28)24-10-15-17-12(11-27)8-9-23-18(17)26(25-15)13-4-6-14(7-5-13)29-19(20,21)22/h4-9,27H,10-11H2,1H3,(H,24,28). The topological polar surface area (TPSA) is 89.3 Å². The molecule has 0 saturated heterocycles. The fourth-order valence-corrected chi connectivity index (χ4v) is 2.73. The Labute approximate surface area is 163 Å². The third kappa shape index (κ3) is 4.64.